The molecule has 0 spiro atoms. The van der Waals surface area contributed by atoms with Gasteiger partial charge in [-0.3, -0.25) is 0 Å². The van der Waals surface area contributed by atoms with Crippen LogP contribution in [0.15, 0.2) is 0 Å². The topological polar surface area (TPSA) is 52.8 Å². The Hall–Kier alpha value is -0.970. The van der Waals surface area contributed by atoms with Crippen molar-refractivity contribution in [2.75, 3.05) is 6.61 Å². The first-order valence-corrected chi connectivity index (χ1v) is 4.70. The lowest BCUT2D eigenvalue weighted by Gasteiger charge is -2.08. The highest BCUT2D eigenvalue weighted by Crippen LogP contribution is 2.15. The molecule has 13 heavy (non-hydrogen) atoms. The van der Waals surface area contributed by atoms with Gasteiger partial charge in [-0.15, -0.1) is 5.10 Å². The van der Waals surface area contributed by atoms with Crippen molar-refractivity contribution in [3.63, 3.8) is 0 Å². The summed E-state index contributed by atoms with van der Waals surface area (Å²) in [7, 11) is 0. The molecule has 0 N–H and O–H groups in total. The fourth-order valence-electron chi connectivity index (χ4n) is 1.59. The summed E-state index contributed by atoms with van der Waals surface area (Å²) in [5, 5.41) is 11.3. The molecular weight excluding hydrogens is 168 g/mol. The fraction of sp³-hybridized carbons (Fsp3) is 0.875. The molecule has 2 rings (SSSR count). The van der Waals surface area contributed by atoms with Gasteiger partial charge in [0.2, 0.25) is 0 Å². The second-order valence-corrected chi connectivity index (χ2v) is 3.37. The molecule has 5 heteroatoms. The summed E-state index contributed by atoms with van der Waals surface area (Å²) in [6.07, 6.45) is 3.82. The normalized spacial score (nSPS) is 22.4. The standard InChI is InChI=1S/C8H14N4O/c1-7-9-10-11-12(7)5-4-8-3-2-6-13-8/h8H,2-6H2,1H3. The van der Waals surface area contributed by atoms with Crippen LogP contribution in [0.3, 0.4) is 0 Å². The highest BCUT2D eigenvalue weighted by atomic mass is 16.5. The van der Waals surface area contributed by atoms with E-state index < -0.39 is 0 Å². The summed E-state index contributed by atoms with van der Waals surface area (Å²) in [6.45, 7) is 3.69. The molecule has 0 radical (unpaired) electrons. The first kappa shape index (κ1) is 8.62. The molecule has 1 aromatic heterocycles. The van der Waals surface area contributed by atoms with Gasteiger partial charge in [-0.2, -0.15) is 0 Å². The second-order valence-electron chi connectivity index (χ2n) is 3.37. The highest BCUT2D eigenvalue weighted by molar-refractivity contribution is 4.74. The zero-order valence-electron chi connectivity index (χ0n) is 7.81. The van der Waals surface area contributed by atoms with Gasteiger partial charge in [0.1, 0.15) is 5.82 Å². The predicted octanol–water partition coefficient (Wildman–Crippen LogP) is 0.551. The van der Waals surface area contributed by atoms with Gasteiger partial charge in [-0.05, 0) is 36.6 Å². The quantitative estimate of drug-likeness (QED) is 0.685. The average molecular weight is 182 g/mol. The van der Waals surface area contributed by atoms with Crippen LogP contribution in [-0.4, -0.2) is 32.9 Å². The summed E-state index contributed by atoms with van der Waals surface area (Å²) in [5.74, 6) is 0.873. The van der Waals surface area contributed by atoms with Crippen molar-refractivity contribution < 1.29 is 4.74 Å². The number of hydrogen-bond donors (Lipinski definition) is 0. The lowest BCUT2D eigenvalue weighted by molar-refractivity contribution is 0.0991. The van der Waals surface area contributed by atoms with E-state index in [1.54, 1.807) is 0 Å². The van der Waals surface area contributed by atoms with E-state index in [0.29, 0.717) is 6.10 Å². The van der Waals surface area contributed by atoms with Gasteiger partial charge in [0.05, 0.1) is 6.10 Å². The zero-order chi connectivity index (χ0) is 9.10. The van der Waals surface area contributed by atoms with Crippen LogP contribution in [0.2, 0.25) is 0 Å². The SMILES string of the molecule is Cc1nnnn1CCC1CCCO1. The van der Waals surface area contributed by atoms with E-state index in [1.807, 2.05) is 11.6 Å². The van der Waals surface area contributed by atoms with Crippen LogP contribution in [0, 0.1) is 6.92 Å². The monoisotopic (exact) mass is 182 g/mol. The van der Waals surface area contributed by atoms with E-state index >= 15 is 0 Å². The fourth-order valence-corrected chi connectivity index (χ4v) is 1.59. The van der Waals surface area contributed by atoms with Crippen molar-refractivity contribution in [3.8, 4) is 0 Å². The molecule has 0 saturated carbocycles. The van der Waals surface area contributed by atoms with E-state index in [4.69, 9.17) is 4.74 Å². The summed E-state index contributed by atoms with van der Waals surface area (Å²) >= 11 is 0. The maximum absolute atomic E-state index is 5.51. The molecule has 0 aromatic carbocycles. The van der Waals surface area contributed by atoms with Crippen LogP contribution in [0.4, 0.5) is 0 Å². The molecule has 1 aromatic rings. The molecule has 0 bridgehead atoms. The Morgan fingerprint density at radius 3 is 3.15 bits per heavy atom. The smallest absolute Gasteiger partial charge is 0.148 e. The van der Waals surface area contributed by atoms with Gasteiger partial charge in [-0.1, -0.05) is 0 Å². The van der Waals surface area contributed by atoms with Crippen molar-refractivity contribution in [1.82, 2.24) is 20.2 Å². The molecule has 1 aliphatic rings. The summed E-state index contributed by atoms with van der Waals surface area (Å²) < 4.78 is 7.33. The number of nitrogens with zero attached hydrogens (tertiary/aromatic N) is 4. The Morgan fingerprint density at radius 2 is 2.54 bits per heavy atom. The summed E-state index contributed by atoms with van der Waals surface area (Å²) in [4.78, 5) is 0. The molecule has 1 fully saturated rings. The first-order chi connectivity index (χ1) is 6.36. The number of aryl methyl sites for hydroxylation is 2. The lowest BCUT2D eigenvalue weighted by Crippen LogP contribution is -2.11. The maximum Gasteiger partial charge on any atom is 0.148 e. The van der Waals surface area contributed by atoms with E-state index in [-0.39, 0.29) is 0 Å². The molecule has 1 unspecified atom stereocenters. The third-order valence-electron chi connectivity index (χ3n) is 2.40. The Kier molecular flexibility index (Phi) is 2.54. The minimum atomic E-state index is 0.420. The number of ether oxygens (including phenoxy) is 1. The zero-order valence-corrected chi connectivity index (χ0v) is 7.81. The van der Waals surface area contributed by atoms with Crippen LogP contribution in [0.1, 0.15) is 25.1 Å². The number of aromatic nitrogens is 4. The maximum atomic E-state index is 5.51. The Balaban J connectivity index is 1.82. The van der Waals surface area contributed by atoms with E-state index in [9.17, 15) is 0 Å². The number of hydrogen-bond acceptors (Lipinski definition) is 4. The molecule has 72 valence electrons. The van der Waals surface area contributed by atoms with Crippen LogP contribution < -0.4 is 0 Å². The minimum absolute atomic E-state index is 0.420. The van der Waals surface area contributed by atoms with Gasteiger partial charge in [0.25, 0.3) is 0 Å². The van der Waals surface area contributed by atoms with Gasteiger partial charge < -0.3 is 4.74 Å². The molecular formula is C8H14N4O. The first-order valence-electron chi connectivity index (χ1n) is 4.70. The van der Waals surface area contributed by atoms with Gasteiger partial charge in [0, 0.05) is 13.2 Å². The number of rotatable bonds is 3. The second kappa shape index (κ2) is 3.83. The van der Waals surface area contributed by atoms with Crippen LogP contribution >= 0.6 is 0 Å². The molecule has 0 aliphatic carbocycles. The largest absolute Gasteiger partial charge is 0.378 e. The summed E-state index contributed by atoms with van der Waals surface area (Å²) in [6, 6.07) is 0. The molecule has 2 heterocycles. The summed E-state index contributed by atoms with van der Waals surface area (Å²) in [5.41, 5.74) is 0. The third-order valence-corrected chi connectivity index (χ3v) is 2.40. The molecule has 5 nitrogen and oxygen atoms in total. The van der Waals surface area contributed by atoms with Crippen LogP contribution in [-0.2, 0) is 11.3 Å². The Bertz CT molecular complexity index is 267. The van der Waals surface area contributed by atoms with E-state index in [0.717, 1.165) is 25.4 Å². The minimum Gasteiger partial charge on any atom is -0.378 e. The molecule has 1 aliphatic heterocycles. The Morgan fingerprint density at radius 1 is 1.62 bits per heavy atom. The predicted molar refractivity (Wildman–Crippen MR) is 46.1 cm³/mol. The van der Waals surface area contributed by atoms with Crippen molar-refractivity contribution in [2.24, 2.45) is 0 Å². The molecule has 1 saturated heterocycles. The van der Waals surface area contributed by atoms with Crippen molar-refractivity contribution >= 4 is 0 Å². The van der Waals surface area contributed by atoms with Crippen LogP contribution in [0.25, 0.3) is 0 Å². The molecule has 1 atom stereocenters. The van der Waals surface area contributed by atoms with Crippen molar-refractivity contribution in [2.45, 2.75) is 38.8 Å². The van der Waals surface area contributed by atoms with Crippen molar-refractivity contribution in [1.29, 1.82) is 0 Å². The Labute approximate surface area is 77.1 Å². The molecule has 0 amide bonds. The number of tetrazole rings is 1. The van der Waals surface area contributed by atoms with Crippen LogP contribution in [0.5, 0.6) is 0 Å². The van der Waals surface area contributed by atoms with Gasteiger partial charge >= 0.3 is 0 Å². The van der Waals surface area contributed by atoms with E-state index in [2.05, 4.69) is 15.5 Å². The van der Waals surface area contributed by atoms with Gasteiger partial charge in [0.15, 0.2) is 0 Å². The van der Waals surface area contributed by atoms with E-state index in [1.165, 1.54) is 12.8 Å². The third kappa shape index (κ3) is 2.03. The highest BCUT2D eigenvalue weighted by Gasteiger charge is 2.15. The average Bonchev–Trinajstić information content (AvgIpc) is 2.72. The lowest BCUT2D eigenvalue weighted by atomic mass is 10.2. The van der Waals surface area contributed by atoms with Crippen molar-refractivity contribution in [3.05, 3.63) is 5.82 Å². The van der Waals surface area contributed by atoms with Gasteiger partial charge in [-0.25, -0.2) is 4.68 Å².